The maximum absolute atomic E-state index is 6.01. The van der Waals surface area contributed by atoms with Crippen molar-refractivity contribution in [1.29, 1.82) is 0 Å². The Labute approximate surface area is 839 Å². The number of nitrogens with zero attached hydrogens (tertiary/aromatic N) is 9. The topological polar surface area (TPSA) is 155 Å². The van der Waals surface area contributed by atoms with Crippen LogP contribution < -0.4 is 0 Å². The molecule has 0 spiro atoms. The van der Waals surface area contributed by atoms with Gasteiger partial charge in [-0.25, -0.2) is 0 Å². The summed E-state index contributed by atoms with van der Waals surface area (Å²) in [6, 6.07) is 163. The SMILES string of the molecule is Cc1cccc(-c2[c-]cccc2)n1.Cc1cccc(-c2[c-]cccc2)n1.Cc1cccc(-c2[c-]cccc2)n1.Cc1cccc(-c2[c-]cccc2)n1.Cc1ccnc(-c2[c-]ccc3c2oc2ccccc23)c1.[Ir+3].[Ir+3].[Ir+3].[c-]1cc2c(cc1-c1ccccn1)oc1ccccc12.[c-]1cc2oc3ccccc3c2cc1-c1ccccn1.[c-]1ccccc1-c1ccccn1.[c-]1ccccc1-c1ccccn1. The van der Waals surface area contributed by atoms with Crippen molar-refractivity contribution in [2.24, 2.45) is 0 Å². The largest absolute Gasteiger partial charge is 3.00 e. The Bertz CT molecular complexity index is 7310. The molecule has 0 bridgehead atoms. The average molecular weight is 2300 g/mol. The molecule has 0 atom stereocenters. The van der Waals surface area contributed by atoms with Gasteiger partial charge in [0.25, 0.3) is 0 Å². The van der Waals surface area contributed by atoms with Crippen molar-refractivity contribution in [1.82, 2.24) is 44.9 Å². The van der Waals surface area contributed by atoms with Crippen LogP contribution in [0, 0.1) is 89.2 Å². The Kier molecular flexibility index (Phi) is 36.8. The van der Waals surface area contributed by atoms with Crippen molar-refractivity contribution in [3.63, 3.8) is 0 Å². The van der Waals surface area contributed by atoms with E-state index in [0.717, 1.165) is 190 Å². The molecule has 0 unspecified atom stereocenters. The zero-order valence-electron chi connectivity index (χ0n) is 75.4. The molecule has 0 aliphatic heterocycles. The van der Waals surface area contributed by atoms with Crippen LogP contribution >= 0.6 is 0 Å². The van der Waals surface area contributed by atoms with E-state index in [1.807, 2.05) is 416 Å². The predicted molar refractivity (Wildman–Crippen MR) is 542 cm³/mol. The predicted octanol–water partition coefficient (Wildman–Crippen LogP) is 30.2. The number of pyridine rings is 9. The normalized spacial score (nSPS) is 10.2. The maximum Gasteiger partial charge on any atom is 3.00 e. The number of aromatic nitrogens is 9. The van der Waals surface area contributed by atoms with Crippen LogP contribution in [0.4, 0.5) is 0 Å². The van der Waals surface area contributed by atoms with E-state index in [1.54, 1.807) is 24.8 Å². The molecule has 12 aromatic carbocycles. The van der Waals surface area contributed by atoms with E-state index < -0.39 is 0 Å². The monoisotopic (exact) mass is 2310 g/mol. The first-order valence-corrected chi connectivity index (χ1v) is 43.7. The van der Waals surface area contributed by atoms with Crippen molar-refractivity contribution >= 4 is 65.8 Å². The van der Waals surface area contributed by atoms with Crippen LogP contribution in [-0.2, 0) is 60.3 Å². The van der Waals surface area contributed by atoms with Gasteiger partial charge in [0.2, 0.25) is 0 Å². The quantitative estimate of drug-likeness (QED) is 0.126. The standard InChI is InChI=1S/C18H12NO.2C17H10NO.4C12H10N.2C11H8N.3Ir/c1-12-9-10-19-16(11-12)15-7-4-6-14-13-5-2-3-8-17(13)20-18(14)15;1-2-7-16-13(5-1)14-11-12(8-9-17(14)19-16)15-6-3-4-10-18-15;1-2-7-16-13(5-1)14-9-8-12(11-17(14)19-16)15-6-3-4-10-18-15;4*1-10-6-5-9-12(13-10)11-7-3-2-4-8-11;2*1-2-6-10(7-3-1)11-8-4-5-9-12-11;;;/h2-6,8-11H,1H3;2*1-7,9-11H;4*2-7,9H,1H3;2*1-6,8-9H;;;/q9*-1;3*+3. The molecule has 0 radical (unpaired) electrons. The van der Waals surface area contributed by atoms with E-state index in [4.69, 9.17) is 13.3 Å². The minimum absolute atomic E-state index is 0. The van der Waals surface area contributed by atoms with Crippen molar-refractivity contribution < 1.29 is 73.6 Å². The molecular formula is C122H88Ir3N9O3. The Morgan fingerprint density at radius 2 is 0.504 bits per heavy atom. The number of rotatable bonds is 9. The fourth-order valence-electron chi connectivity index (χ4n) is 14.4. The van der Waals surface area contributed by atoms with Gasteiger partial charge in [0.15, 0.2) is 0 Å². The van der Waals surface area contributed by atoms with Gasteiger partial charge in [-0.3, -0.25) is 0 Å². The van der Waals surface area contributed by atoms with Crippen LogP contribution in [-0.4, -0.2) is 44.9 Å². The summed E-state index contributed by atoms with van der Waals surface area (Å²) in [4.78, 5) is 39.2. The van der Waals surface area contributed by atoms with Gasteiger partial charge >= 0.3 is 60.3 Å². The molecule has 12 aromatic heterocycles. The molecule has 0 saturated heterocycles. The molecule has 0 fully saturated rings. The number of hydrogen-bond acceptors (Lipinski definition) is 12. The summed E-state index contributed by atoms with van der Waals surface area (Å²) in [5.41, 5.74) is 28.4. The van der Waals surface area contributed by atoms with Crippen LogP contribution in [0.5, 0.6) is 0 Å². The molecular weight excluding hydrogens is 2220 g/mol. The zero-order valence-corrected chi connectivity index (χ0v) is 82.6. The number of fused-ring (bicyclic) bond motifs is 9. The summed E-state index contributed by atoms with van der Waals surface area (Å²) in [6.45, 7) is 10.0. The molecule has 0 aliphatic carbocycles. The number of benzene rings is 12. The fraction of sp³-hybridized carbons (Fsp3) is 0.0410. The second-order valence-corrected chi connectivity index (χ2v) is 30.5. The molecule has 24 rings (SSSR count). The van der Waals surface area contributed by atoms with E-state index in [0.29, 0.717) is 0 Å². The van der Waals surface area contributed by atoms with Gasteiger partial charge in [-0.2, -0.15) is 0 Å². The van der Waals surface area contributed by atoms with E-state index in [1.165, 1.54) is 5.56 Å². The van der Waals surface area contributed by atoms with Crippen molar-refractivity contribution in [3.05, 3.63) is 526 Å². The minimum atomic E-state index is 0. The summed E-state index contributed by atoms with van der Waals surface area (Å²) in [7, 11) is 0. The van der Waals surface area contributed by atoms with Gasteiger partial charge in [-0.15, -0.1) is 275 Å². The third-order valence-electron chi connectivity index (χ3n) is 20.8. The zero-order chi connectivity index (χ0) is 91.7. The summed E-state index contributed by atoms with van der Waals surface area (Å²) in [5, 5.41) is 6.69. The number of para-hydroxylation sites is 3. The van der Waals surface area contributed by atoms with Crippen molar-refractivity contribution in [2.45, 2.75) is 34.6 Å². The smallest absolute Gasteiger partial charge is 0.501 e. The van der Waals surface area contributed by atoms with E-state index in [-0.39, 0.29) is 60.3 Å². The molecule has 666 valence electrons. The summed E-state index contributed by atoms with van der Waals surface area (Å²) >= 11 is 0. The van der Waals surface area contributed by atoms with E-state index in [9.17, 15) is 0 Å². The number of aryl methyl sites for hydroxylation is 5. The molecule has 0 N–H and O–H groups in total. The molecule has 0 saturated carbocycles. The van der Waals surface area contributed by atoms with Crippen LogP contribution in [0.25, 0.3) is 167 Å². The second-order valence-electron chi connectivity index (χ2n) is 30.5. The van der Waals surface area contributed by atoms with Gasteiger partial charge < -0.3 is 58.1 Å². The molecule has 12 heterocycles. The minimum Gasteiger partial charge on any atom is -0.501 e. The van der Waals surface area contributed by atoms with Gasteiger partial charge in [0.05, 0.1) is 16.7 Å². The van der Waals surface area contributed by atoms with Gasteiger partial charge in [-0.05, 0) is 164 Å². The summed E-state index contributed by atoms with van der Waals surface area (Å²) in [6.07, 6.45) is 8.97. The Morgan fingerprint density at radius 1 is 0.190 bits per heavy atom. The van der Waals surface area contributed by atoms with Gasteiger partial charge in [-0.1, -0.05) is 191 Å². The van der Waals surface area contributed by atoms with Crippen LogP contribution in [0.1, 0.15) is 28.3 Å². The third-order valence-corrected chi connectivity index (χ3v) is 20.8. The number of hydrogen-bond donors (Lipinski definition) is 0. The third kappa shape index (κ3) is 27.5. The molecule has 15 heteroatoms. The average Bonchev–Trinajstić information content (AvgIpc) is 1.62. The van der Waals surface area contributed by atoms with Crippen LogP contribution in [0.2, 0.25) is 0 Å². The first-order chi connectivity index (χ1) is 66.0. The second kappa shape index (κ2) is 51.0. The Hall–Kier alpha value is -15.7. The first kappa shape index (κ1) is 98.8. The summed E-state index contributed by atoms with van der Waals surface area (Å²) < 4.78 is 17.7. The van der Waals surface area contributed by atoms with Crippen molar-refractivity contribution in [2.75, 3.05) is 0 Å². The Balaban J connectivity index is 0.000000131. The van der Waals surface area contributed by atoms with E-state index >= 15 is 0 Å². The fourth-order valence-corrected chi connectivity index (χ4v) is 14.4. The molecule has 12 nitrogen and oxygen atoms in total. The molecule has 24 aromatic rings. The Morgan fingerprint density at radius 3 is 0.869 bits per heavy atom. The van der Waals surface area contributed by atoms with Crippen LogP contribution in [0.15, 0.2) is 457 Å². The summed E-state index contributed by atoms with van der Waals surface area (Å²) in [5.74, 6) is 0. The van der Waals surface area contributed by atoms with Crippen molar-refractivity contribution in [3.8, 4) is 101 Å². The van der Waals surface area contributed by atoms with E-state index in [2.05, 4.69) is 137 Å². The molecule has 137 heavy (non-hydrogen) atoms. The molecule has 0 aliphatic rings. The maximum atomic E-state index is 6.01. The van der Waals surface area contributed by atoms with Gasteiger partial charge in [0, 0.05) is 64.5 Å². The first-order valence-electron chi connectivity index (χ1n) is 43.7. The number of furan rings is 3. The van der Waals surface area contributed by atoms with Crippen LogP contribution in [0.3, 0.4) is 0 Å². The molecule has 0 amide bonds. The van der Waals surface area contributed by atoms with Gasteiger partial charge in [0.1, 0.15) is 16.7 Å².